The molecule has 0 unspecified atom stereocenters. The molecular formula is C27H23NO3. The molecule has 5 rings (SSSR count). The monoisotopic (exact) mass is 409 g/mol. The number of hydrogen-bond donors (Lipinski definition) is 0. The van der Waals surface area contributed by atoms with Gasteiger partial charge in [0.25, 0.3) is 0 Å². The lowest BCUT2D eigenvalue weighted by Gasteiger charge is -2.21. The highest BCUT2D eigenvalue weighted by molar-refractivity contribution is 6.20. The highest BCUT2D eigenvalue weighted by Gasteiger charge is 2.23. The van der Waals surface area contributed by atoms with E-state index in [0.717, 1.165) is 44.1 Å². The van der Waals surface area contributed by atoms with Crippen LogP contribution in [0.2, 0.25) is 0 Å². The van der Waals surface area contributed by atoms with Gasteiger partial charge in [-0.2, -0.15) is 0 Å². The van der Waals surface area contributed by atoms with Crippen LogP contribution in [0.5, 0.6) is 0 Å². The number of rotatable bonds is 2. The number of aromatic nitrogens is 1. The Hall–Kier alpha value is -3.79. The normalized spacial score (nSPS) is 11.8. The summed E-state index contributed by atoms with van der Waals surface area (Å²) in [4.78, 5) is 13.0. The van der Waals surface area contributed by atoms with E-state index in [1.54, 1.807) is 17.0 Å². The molecule has 0 aliphatic carbocycles. The molecule has 2 aromatic heterocycles. The van der Waals surface area contributed by atoms with Crippen molar-refractivity contribution in [1.82, 2.24) is 4.57 Å². The first-order valence-corrected chi connectivity index (χ1v) is 10.3. The topological polar surface area (TPSA) is 44.4 Å². The van der Waals surface area contributed by atoms with E-state index in [4.69, 9.17) is 9.15 Å². The Balaban J connectivity index is 1.86. The molecule has 4 nitrogen and oxygen atoms in total. The van der Waals surface area contributed by atoms with Crippen LogP contribution in [0.1, 0.15) is 20.8 Å². The molecule has 2 heterocycles. The third-order valence-electron chi connectivity index (χ3n) is 5.29. The van der Waals surface area contributed by atoms with Gasteiger partial charge in [0.1, 0.15) is 11.4 Å². The van der Waals surface area contributed by atoms with E-state index in [1.165, 1.54) is 0 Å². The second kappa shape index (κ2) is 7.17. The molecule has 154 valence electrons. The van der Waals surface area contributed by atoms with Crippen LogP contribution in [0, 0.1) is 0 Å². The number of fused-ring (bicyclic) bond motifs is 2. The minimum Gasteiger partial charge on any atom is -0.464 e. The third kappa shape index (κ3) is 3.30. The van der Waals surface area contributed by atoms with Gasteiger partial charge in [0, 0.05) is 17.3 Å². The van der Waals surface area contributed by atoms with E-state index < -0.39 is 11.7 Å². The Bertz CT molecular complexity index is 1350. The minimum atomic E-state index is -0.577. The average molecular weight is 409 g/mol. The summed E-state index contributed by atoms with van der Waals surface area (Å²) < 4.78 is 13.1. The summed E-state index contributed by atoms with van der Waals surface area (Å²) in [5, 5.41) is 4.25. The van der Waals surface area contributed by atoms with Gasteiger partial charge in [0.15, 0.2) is 0 Å². The third-order valence-corrected chi connectivity index (χ3v) is 5.29. The Kier molecular flexibility index (Phi) is 4.44. The molecule has 0 radical (unpaired) electrons. The molecule has 0 aliphatic rings. The van der Waals surface area contributed by atoms with E-state index in [-0.39, 0.29) is 0 Å². The molecule has 5 aromatic rings. The predicted octanol–water partition coefficient (Wildman–Crippen LogP) is 7.50. The molecule has 0 aliphatic heterocycles. The van der Waals surface area contributed by atoms with Gasteiger partial charge < -0.3 is 9.15 Å². The van der Waals surface area contributed by atoms with Gasteiger partial charge in [-0.15, -0.1) is 0 Å². The maximum Gasteiger partial charge on any atom is 0.418 e. The lowest BCUT2D eigenvalue weighted by molar-refractivity contribution is 0.0540. The number of benzene rings is 3. The zero-order valence-corrected chi connectivity index (χ0v) is 17.8. The van der Waals surface area contributed by atoms with Crippen LogP contribution < -0.4 is 0 Å². The maximum absolute atomic E-state index is 13.0. The summed E-state index contributed by atoms with van der Waals surface area (Å²) in [6.07, 6.45) is 3.06. The van der Waals surface area contributed by atoms with Gasteiger partial charge in [-0.25, -0.2) is 4.79 Å². The fourth-order valence-electron chi connectivity index (χ4n) is 4.15. The first-order valence-electron chi connectivity index (χ1n) is 10.3. The van der Waals surface area contributed by atoms with E-state index in [1.807, 2.05) is 69.3 Å². The lowest BCUT2D eigenvalue weighted by Crippen LogP contribution is -2.27. The summed E-state index contributed by atoms with van der Waals surface area (Å²) in [5.41, 5.74) is 2.27. The van der Waals surface area contributed by atoms with Crippen molar-refractivity contribution in [3.05, 3.63) is 85.3 Å². The highest BCUT2D eigenvalue weighted by Crippen LogP contribution is 2.43. The molecule has 0 saturated heterocycles. The van der Waals surface area contributed by atoms with Gasteiger partial charge in [0.2, 0.25) is 0 Å². The first kappa shape index (κ1) is 19.2. The van der Waals surface area contributed by atoms with Crippen LogP contribution in [0.15, 0.2) is 89.7 Å². The summed E-state index contributed by atoms with van der Waals surface area (Å²) in [6.45, 7) is 5.62. The van der Waals surface area contributed by atoms with Crippen molar-refractivity contribution in [3.63, 3.8) is 0 Å². The summed E-state index contributed by atoms with van der Waals surface area (Å²) >= 11 is 0. The van der Waals surface area contributed by atoms with Gasteiger partial charge in [-0.3, -0.25) is 4.57 Å². The smallest absolute Gasteiger partial charge is 0.418 e. The van der Waals surface area contributed by atoms with E-state index >= 15 is 0 Å². The van der Waals surface area contributed by atoms with Crippen LogP contribution in [0.4, 0.5) is 4.79 Å². The van der Waals surface area contributed by atoms with Crippen molar-refractivity contribution in [2.24, 2.45) is 0 Å². The maximum atomic E-state index is 13.0. The zero-order valence-electron chi connectivity index (χ0n) is 17.8. The number of furan rings is 1. The zero-order chi connectivity index (χ0) is 21.6. The Morgan fingerprint density at radius 1 is 0.774 bits per heavy atom. The molecule has 0 N–H and O–H groups in total. The molecule has 0 amide bonds. The summed E-state index contributed by atoms with van der Waals surface area (Å²) in [6, 6.07) is 24.2. The Labute approximate surface area is 180 Å². The fourth-order valence-corrected chi connectivity index (χ4v) is 4.15. The van der Waals surface area contributed by atoms with Gasteiger partial charge in [-0.05, 0) is 66.6 Å². The standard InChI is InChI=1S/C27H23NO3/c1-27(2,3)31-26(29)28-16-8-14-22(28)24-18-10-4-6-12-20(18)25(23-15-9-17-30-23)21-13-7-5-11-19(21)24/h4-17H,1-3H3. The van der Waals surface area contributed by atoms with Crippen molar-refractivity contribution in [2.45, 2.75) is 26.4 Å². The molecule has 4 heteroatoms. The number of ether oxygens (including phenoxy) is 1. The van der Waals surface area contributed by atoms with Crippen LogP contribution in [0.3, 0.4) is 0 Å². The molecule has 3 aromatic carbocycles. The van der Waals surface area contributed by atoms with E-state index in [9.17, 15) is 4.79 Å². The lowest BCUT2D eigenvalue weighted by atomic mass is 9.89. The average Bonchev–Trinajstić information content (AvgIpc) is 3.43. The number of nitrogens with zero attached hydrogens (tertiary/aromatic N) is 1. The number of carbonyl (C=O) groups excluding carboxylic acids is 1. The van der Waals surface area contributed by atoms with Crippen LogP contribution in [-0.2, 0) is 4.74 Å². The van der Waals surface area contributed by atoms with Gasteiger partial charge >= 0.3 is 6.09 Å². The molecular weight excluding hydrogens is 386 g/mol. The van der Waals surface area contributed by atoms with E-state index in [2.05, 4.69) is 24.3 Å². The largest absolute Gasteiger partial charge is 0.464 e. The van der Waals surface area contributed by atoms with E-state index in [0.29, 0.717) is 0 Å². The molecule has 31 heavy (non-hydrogen) atoms. The van der Waals surface area contributed by atoms with Crippen molar-refractivity contribution >= 4 is 27.6 Å². The van der Waals surface area contributed by atoms with Gasteiger partial charge in [-0.1, -0.05) is 48.5 Å². The minimum absolute atomic E-state index is 0.393. The highest BCUT2D eigenvalue weighted by atomic mass is 16.6. The second-order valence-corrected chi connectivity index (χ2v) is 8.56. The van der Waals surface area contributed by atoms with Crippen LogP contribution in [0.25, 0.3) is 44.1 Å². The quantitative estimate of drug-likeness (QED) is 0.283. The van der Waals surface area contributed by atoms with Crippen LogP contribution in [-0.4, -0.2) is 16.3 Å². The van der Waals surface area contributed by atoms with Crippen molar-refractivity contribution in [2.75, 3.05) is 0 Å². The fraction of sp³-hybridized carbons (Fsp3) is 0.148. The van der Waals surface area contributed by atoms with Gasteiger partial charge in [0.05, 0.1) is 12.0 Å². The Morgan fingerprint density at radius 2 is 1.35 bits per heavy atom. The first-order chi connectivity index (χ1) is 14.9. The number of carbonyl (C=O) groups is 1. The number of hydrogen-bond acceptors (Lipinski definition) is 3. The molecule has 0 bridgehead atoms. The Morgan fingerprint density at radius 3 is 1.87 bits per heavy atom. The van der Waals surface area contributed by atoms with Crippen molar-refractivity contribution in [1.29, 1.82) is 0 Å². The molecule has 0 spiro atoms. The second-order valence-electron chi connectivity index (χ2n) is 8.56. The van der Waals surface area contributed by atoms with Crippen molar-refractivity contribution < 1.29 is 13.9 Å². The SMILES string of the molecule is CC(C)(C)OC(=O)n1cccc1-c1c2ccccc2c(-c2ccco2)c2ccccc12. The molecule has 0 fully saturated rings. The van der Waals surface area contributed by atoms with Crippen LogP contribution >= 0.6 is 0 Å². The predicted molar refractivity (Wildman–Crippen MR) is 124 cm³/mol. The summed E-state index contributed by atoms with van der Waals surface area (Å²) in [5.74, 6) is 0.821. The summed E-state index contributed by atoms with van der Waals surface area (Å²) in [7, 11) is 0. The molecule has 0 saturated carbocycles. The molecule has 0 atom stereocenters. The van der Waals surface area contributed by atoms with Crippen molar-refractivity contribution in [3.8, 4) is 22.6 Å².